The van der Waals surface area contributed by atoms with Crippen molar-refractivity contribution in [3.63, 3.8) is 0 Å². The first kappa shape index (κ1) is 19.5. The fourth-order valence-corrected chi connectivity index (χ4v) is 3.15. The summed E-state index contributed by atoms with van der Waals surface area (Å²) in [5, 5.41) is 13.6. The summed E-state index contributed by atoms with van der Waals surface area (Å²) in [6, 6.07) is 11.2. The molecule has 0 atom stereocenters. The third kappa shape index (κ3) is 5.36. The van der Waals surface area contributed by atoms with Crippen molar-refractivity contribution in [3.05, 3.63) is 58.7 Å². The van der Waals surface area contributed by atoms with Crippen molar-refractivity contribution in [2.24, 2.45) is 0 Å². The molecule has 0 aliphatic carbocycles. The third-order valence-corrected chi connectivity index (χ3v) is 4.46. The fourth-order valence-electron chi connectivity index (χ4n) is 2.57. The highest BCUT2D eigenvalue weighted by molar-refractivity contribution is 8.03. The summed E-state index contributed by atoms with van der Waals surface area (Å²) in [6.45, 7) is 5.30. The molecule has 6 heteroatoms. The number of ether oxygens (including phenoxy) is 1. The van der Waals surface area contributed by atoms with Gasteiger partial charge in [0.25, 0.3) is 5.91 Å². The molecule has 2 aromatic rings. The van der Waals surface area contributed by atoms with Gasteiger partial charge >= 0.3 is 5.97 Å². The molecule has 0 heterocycles. The van der Waals surface area contributed by atoms with E-state index in [-0.39, 0.29) is 13.0 Å². The maximum absolute atomic E-state index is 12.1. The first-order valence-corrected chi connectivity index (χ1v) is 8.89. The second kappa shape index (κ2) is 9.07. The minimum Gasteiger partial charge on any atom is -0.455 e. The van der Waals surface area contributed by atoms with Gasteiger partial charge in [0, 0.05) is 10.6 Å². The Morgan fingerprint density at radius 3 is 2.38 bits per heavy atom. The normalized spacial score (nSPS) is 10.1. The second-order valence-electron chi connectivity index (χ2n) is 5.94. The molecule has 0 aliphatic rings. The van der Waals surface area contributed by atoms with Gasteiger partial charge in [-0.05, 0) is 66.9 Å². The van der Waals surface area contributed by atoms with Crippen LogP contribution >= 0.6 is 11.8 Å². The van der Waals surface area contributed by atoms with Crippen LogP contribution in [0.1, 0.15) is 22.3 Å². The number of nitrogens with one attached hydrogen (secondary N) is 1. The summed E-state index contributed by atoms with van der Waals surface area (Å²) >= 11 is 1.07. The zero-order chi connectivity index (χ0) is 19.1. The predicted molar refractivity (Wildman–Crippen MR) is 102 cm³/mol. The van der Waals surface area contributed by atoms with Gasteiger partial charge in [0.1, 0.15) is 5.40 Å². The molecule has 0 unspecified atom stereocenters. The van der Waals surface area contributed by atoms with Gasteiger partial charge in [-0.1, -0.05) is 24.3 Å². The number of carbonyl (C=O) groups is 2. The van der Waals surface area contributed by atoms with Crippen LogP contribution in [0.25, 0.3) is 0 Å². The van der Waals surface area contributed by atoms with Crippen molar-refractivity contribution in [2.75, 3.05) is 11.9 Å². The van der Waals surface area contributed by atoms with Crippen molar-refractivity contribution in [2.45, 2.75) is 32.1 Å². The lowest BCUT2D eigenvalue weighted by Crippen LogP contribution is -2.22. The molecule has 0 aromatic heterocycles. The molecular formula is C20H20N2O3S. The van der Waals surface area contributed by atoms with E-state index < -0.39 is 11.9 Å². The Hall–Kier alpha value is -2.78. The number of aryl methyl sites for hydroxylation is 3. The van der Waals surface area contributed by atoms with E-state index in [0.717, 1.165) is 38.9 Å². The summed E-state index contributed by atoms with van der Waals surface area (Å²) in [5.74, 6) is -0.835. The van der Waals surface area contributed by atoms with Crippen LogP contribution in [0.5, 0.6) is 0 Å². The number of nitrogens with zero attached hydrogens (tertiary/aromatic N) is 1. The first-order valence-electron chi connectivity index (χ1n) is 8.08. The number of carbonyl (C=O) groups excluding carboxylic acids is 2. The lowest BCUT2D eigenvalue weighted by atomic mass is 10.1. The molecule has 0 spiro atoms. The van der Waals surface area contributed by atoms with E-state index in [1.807, 2.05) is 62.6 Å². The van der Waals surface area contributed by atoms with Gasteiger partial charge in [-0.15, -0.1) is 0 Å². The van der Waals surface area contributed by atoms with Gasteiger partial charge < -0.3 is 10.1 Å². The molecule has 0 bridgehead atoms. The van der Waals surface area contributed by atoms with E-state index in [1.54, 1.807) is 0 Å². The van der Waals surface area contributed by atoms with E-state index in [0.29, 0.717) is 5.69 Å². The minimum atomic E-state index is -0.441. The molecule has 0 fully saturated rings. The lowest BCUT2D eigenvalue weighted by molar-refractivity contribution is -0.146. The molecule has 26 heavy (non-hydrogen) atoms. The number of hydrogen-bond acceptors (Lipinski definition) is 5. The van der Waals surface area contributed by atoms with Crippen molar-refractivity contribution in [1.82, 2.24) is 0 Å². The Balaban J connectivity index is 1.92. The Kier molecular flexibility index (Phi) is 6.81. The third-order valence-electron chi connectivity index (χ3n) is 3.89. The van der Waals surface area contributed by atoms with Crippen LogP contribution in [0.2, 0.25) is 0 Å². The standard InChI is InChI=1S/C20H20N2O3S/c1-13-6-4-5-7-16(13)10-19(24)25-11-18(23)22-20-14(2)8-17(26-12-21)9-15(20)3/h4-9H,10-11H2,1-3H3,(H,22,23). The Bertz CT molecular complexity index is 849. The smallest absolute Gasteiger partial charge is 0.310 e. The molecule has 0 radical (unpaired) electrons. The molecule has 0 aliphatic heterocycles. The first-order chi connectivity index (χ1) is 12.4. The molecule has 0 saturated carbocycles. The van der Waals surface area contributed by atoms with Gasteiger partial charge in [-0.2, -0.15) is 5.26 Å². The van der Waals surface area contributed by atoms with Crippen molar-refractivity contribution >= 4 is 29.3 Å². The molecule has 2 rings (SSSR count). The predicted octanol–water partition coefficient (Wildman–Crippen LogP) is 3.91. The van der Waals surface area contributed by atoms with E-state index >= 15 is 0 Å². The average Bonchev–Trinajstić information content (AvgIpc) is 2.59. The maximum atomic E-state index is 12.1. The lowest BCUT2D eigenvalue weighted by Gasteiger charge is -2.13. The monoisotopic (exact) mass is 368 g/mol. The largest absolute Gasteiger partial charge is 0.455 e. The van der Waals surface area contributed by atoms with Crippen molar-refractivity contribution in [3.8, 4) is 5.40 Å². The number of thioether (sulfide) groups is 1. The topological polar surface area (TPSA) is 79.2 Å². The highest BCUT2D eigenvalue weighted by atomic mass is 32.2. The SMILES string of the molecule is Cc1ccccc1CC(=O)OCC(=O)Nc1c(C)cc(SC#N)cc1C. The number of rotatable bonds is 6. The second-order valence-corrected chi connectivity index (χ2v) is 6.80. The molecule has 0 saturated heterocycles. The summed E-state index contributed by atoms with van der Waals surface area (Å²) in [6.07, 6.45) is 0.137. The number of esters is 1. The van der Waals surface area contributed by atoms with E-state index in [4.69, 9.17) is 10.00 Å². The number of thiocyanates is 1. The fraction of sp³-hybridized carbons (Fsp3) is 0.250. The van der Waals surface area contributed by atoms with Crippen LogP contribution in [0, 0.1) is 31.4 Å². The van der Waals surface area contributed by atoms with Gasteiger partial charge in [0.2, 0.25) is 0 Å². The molecule has 1 amide bonds. The molecule has 1 N–H and O–H groups in total. The van der Waals surface area contributed by atoms with Crippen LogP contribution in [0.15, 0.2) is 41.3 Å². The minimum absolute atomic E-state index is 0.137. The van der Waals surface area contributed by atoms with Crippen LogP contribution in [0.4, 0.5) is 5.69 Å². The summed E-state index contributed by atoms with van der Waals surface area (Å²) in [7, 11) is 0. The summed E-state index contributed by atoms with van der Waals surface area (Å²) in [4.78, 5) is 24.9. The zero-order valence-electron chi connectivity index (χ0n) is 15.0. The van der Waals surface area contributed by atoms with Crippen LogP contribution in [-0.2, 0) is 20.7 Å². The van der Waals surface area contributed by atoms with Crippen LogP contribution in [0.3, 0.4) is 0 Å². The average molecular weight is 368 g/mol. The number of anilines is 1. The highest BCUT2D eigenvalue weighted by Crippen LogP contribution is 2.27. The summed E-state index contributed by atoms with van der Waals surface area (Å²) in [5.41, 5.74) is 4.27. The van der Waals surface area contributed by atoms with E-state index in [1.165, 1.54) is 0 Å². The Morgan fingerprint density at radius 1 is 1.12 bits per heavy atom. The molecular weight excluding hydrogens is 348 g/mol. The molecule has 2 aromatic carbocycles. The van der Waals surface area contributed by atoms with E-state index in [2.05, 4.69) is 5.32 Å². The van der Waals surface area contributed by atoms with Crippen molar-refractivity contribution in [1.29, 1.82) is 5.26 Å². The van der Waals surface area contributed by atoms with Gasteiger partial charge in [-0.3, -0.25) is 9.59 Å². The Morgan fingerprint density at radius 2 is 1.77 bits per heavy atom. The van der Waals surface area contributed by atoms with E-state index in [9.17, 15) is 9.59 Å². The molecule has 134 valence electrons. The van der Waals surface area contributed by atoms with Gasteiger partial charge in [0.15, 0.2) is 6.61 Å². The van der Waals surface area contributed by atoms with Gasteiger partial charge in [-0.25, -0.2) is 0 Å². The Labute approximate surface area is 157 Å². The molecule has 5 nitrogen and oxygen atoms in total. The van der Waals surface area contributed by atoms with Gasteiger partial charge in [0.05, 0.1) is 6.42 Å². The highest BCUT2D eigenvalue weighted by Gasteiger charge is 2.13. The number of nitriles is 1. The van der Waals surface area contributed by atoms with Crippen molar-refractivity contribution < 1.29 is 14.3 Å². The number of benzene rings is 2. The summed E-state index contributed by atoms with van der Waals surface area (Å²) < 4.78 is 5.08. The number of hydrogen-bond donors (Lipinski definition) is 1. The van der Waals surface area contributed by atoms with Crippen LogP contribution in [-0.4, -0.2) is 18.5 Å². The maximum Gasteiger partial charge on any atom is 0.310 e. The number of amides is 1. The quantitative estimate of drug-likeness (QED) is 0.475. The van der Waals surface area contributed by atoms with Crippen LogP contribution < -0.4 is 5.32 Å². The zero-order valence-corrected chi connectivity index (χ0v) is 15.8.